The number of nitrogens with one attached hydrogen (secondary N) is 1. The number of benzene rings is 2. The number of amides is 1. The predicted molar refractivity (Wildman–Crippen MR) is 109 cm³/mol. The molecule has 0 heterocycles. The van der Waals surface area contributed by atoms with Crippen LogP contribution in [0.2, 0.25) is 0 Å². The zero-order valence-corrected chi connectivity index (χ0v) is 17.1. The first-order valence-corrected chi connectivity index (χ1v) is 10.7. The smallest absolute Gasteiger partial charge is 0.264 e. The second-order valence-electron chi connectivity index (χ2n) is 6.60. The average molecular weight is 389 g/mol. The standard InChI is InChI=1S/C21H28N2O3S/c1-4-5-9-15-22-21(24)16-23(20-14-10-11-17(2)18(20)3)27(25,26)19-12-7-6-8-13-19/h6-8,10-14H,4-5,9,15-16H2,1-3H3,(H,22,24). The second kappa shape index (κ2) is 9.55. The van der Waals surface area contributed by atoms with E-state index in [1.807, 2.05) is 26.0 Å². The summed E-state index contributed by atoms with van der Waals surface area (Å²) in [5, 5.41) is 2.83. The summed E-state index contributed by atoms with van der Waals surface area (Å²) in [5.74, 6) is -0.300. The minimum atomic E-state index is -3.85. The molecule has 146 valence electrons. The number of carbonyl (C=O) groups excluding carboxylic acids is 1. The van der Waals surface area contributed by atoms with Crippen molar-refractivity contribution in [2.75, 3.05) is 17.4 Å². The molecule has 27 heavy (non-hydrogen) atoms. The SMILES string of the molecule is CCCCCNC(=O)CN(c1cccc(C)c1C)S(=O)(=O)c1ccccc1. The Balaban J connectivity index is 2.35. The maximum Gasteiger partial charge on any atom is 0.264 e. The Bertz CT molecular complexity index is 864. The largest absolute Gasteiger partial charge is 0.355 e. The topological polar surface area (TPSA) is 66.5 Å². The molecule has 1 N–H and O–H groups in total. The summed E-state index contributed by atoms with van der Waals surface area (Å²) in [6.07, 6.45) is 2.98. The Morgan fingerprint density at radius 2 is 1.70 bits per heavy atom. The molecule has 0 aromatic heterocycles. The number of hydrogen-bond donors (Lipinski definition) is 1. The molecule has 0 aliphatic carbocycles. The minimum Gasteiger partial charge on any atom is -0.355 e. The molecule has 2 aromatic rings. The summed E-state index contributed by atoms with van der Waals surface area (Å²) in [6, 6.07) is 13.7. The Kier molecular flexibility index (Phi) is 7.42. The number of anilines is 1. The van der Waals surface area contributed by atoms with Crippen LogP contribution >= 0.6 is 0 Å². The quantitative estimate of drug-likeness (QED) is 0.665. The van der Waals surface area contributed by atoms with E-state index < -0.39 is 10.0 Å². The van der Waals surface area contributed by atoms with Crippen LogP contribution in [-0.2, 0) is 14.8 Å². The maximum absolute atomic E-state index is 13.3. The van der Waals surface area contributed by atoms with Crippen LogP contribution in [0.1, 0.15) is 37.3 Å². The first-order valence-electron chi connectivity index (χ1n) is 9.28. The zero-order valence-electron chi connectivity index (χ0n) is 16.2. The molecule has 0 atom stereocenters. The molecule has 5 nitrogen and oxygen atoms in total. The van der Waals surface area contributed by atoms with Crippen molar-refractivity contribution in [1.29, 1.82) is 0 Å². The van der Waals surface area contributed by atoms with Gasteiger partial charge in [-0.2, -0.15) is 0 Å². The van der Waals surface area contributed by atoms with E-state index in [0.717, 1.165) is 30.4 Å². The summed E-state index contributed by atoms with van der Waals surface area (Å²) >= 11 is 0. The van der Waals surface area contributed by atoms with Crippen LogP contribution in [0.25, 0.3) is 0 Å². The highest BCUT2D eigenvalue weighted by atomic mass is 32.2. The van der Waals surface area contributed by atoms with Gasteiger partial charge in [-0.05, 0) is 49.6 Å². The van der Waals surface area contributed by atoms with Gasteiger partial charge in [0.25, 0.3) is 10.0 Å². The van der Waals surface area contributed by atoms with Crippen molar-refractivity contribution >= 4 is 21.6 Å². The second-order valence-corrected chi connectivity index (χ2v) is 8.46. The van der Waals surface area contributed by atoms with Gasteiger partial charge in [0.1, 0.15) is 6.54 Å². The fourth-order valence-electron chi connectivity index (χ4n) is 2.81. The van der Waals surface area contributed by atoms with Crippen LogP contribution in [0, 0.1) is 13.8 Å². The molecule has 6 heteroatoms. The molecule has 0 saturated heterocycles. The molecule has 0 saturated carbocycles. The van der Waals surface area contributed by atoms with E-state index in [1.54, 1.807) is 36.4 Å². The number of unbranched alkanes of at least 4 members (excludes halogenated alkanes) is 2. The Labute approximate surface area is 162 Å². The van der Waals surface area contributed by atoms with Crippen molar-refractivity contribution in [1.82, 2.24) is 5.32 Å². The van der Waals surface area contributed by atoms with Gasteiger partial charge >= 0.3 is 0 Å². The van der Waals surface area contributed by atoms with Crippen molar-refractivity contribution in [3.05, 3.63) is 59.7 Å². The summed E-state index contributed by atoms with van der Waals surface area (Å²) in [7, 11) is -3.85. The third-order valence-electron chi connectivity index (χ3n) is 4.57. The normalized spacial score (nSPS) is 11.2. The molecule has 1 amide bonds. The fourth-order valence-corrected chi connectivity index (χ4v) is 4.31. The number of nitrogens with zero attached hydrogens (tertiary/aromatic N) is 1. The van der Waals surface area contributed by atoms with E-state index in [2.05, 4.69) is 12.2 Å². The van der Waals surface area contributed by atoms with Gasteiger partial charge in [0.05, 0.1) is 10.6 Å². The van der Waals surface area contributed by atoms with Crippen molar-refractivity contribution < 1.29 is 13.2 Å². The zero-order chi connectivity index (χ0) is 19.9. The molecule has 2 rings (SSSR count). The first kappa shape index (κ1) is 21.0. The number of hydrogen-bond acceptors (Lipinski definition) is 3. The molecular formula is C21H28N2O3S. The van der Waals surface area contributed by atoms with Crippen LogP contribution in [0.5, 0.6) is 0 Å². The predicted octanol–water partition coefficient (Wildman–Crippen LogP) is 3.81. The Morgan fingerprint density at radius 3 is 2.37 bits per heavy atom. The summed E-state index contributed by atoms with van der Waals surface area (Å²) < 4.78 is 27.7. The summed E-state index contributed by atoms with van der Waals surface area (Å²) in [6.45, 7) is 6.21. The van der Waals surface area contributed by atoms with E-state index in [1.165, 1.54) is 4.31 Å². The first-order chi connectivity index (χ1) is 12.9. The lowest BCUT2D eigenvalue weighted by molar-refractivity contribution is -0.119. The fraction of sp³-hybridized carbons (Fsp3) is 0.381. The molecule has 0 fully saturated rings. The monoisotopic (exact) mass is 388 g/mol. The van der Waals surface area contributed by atoms with Gasteiger partial charge < -0.3 is 5.32 Å². The molecule has 0 spiro atoms. The molecule has 0 aliphatic heterocycles. The molecular weight excluding hydrogens is 360 g/mol. The lowest BCUT2D eigenvalue weighted by atomic mass is 10.1. The van der Waals surface area contributed by atoms with Gasteiger partial charge in [-0.15, -0.1) is 0 Å². The number of rotatable bonds is 9. The van der Waals surface area contributed by atoms with E-state index in [4.69, 9.17) is 0 Å². The Morgan fingerprint density at radius 1 is 1.00 bits per heavy atom. The van der Waals surface area contributed by atoms with Crippen molar-refractivity contribution in [2.45, 2.75) is 44.9 Å². The summed E-state index contributed by atoms with van der Waals surface area (Å²) in [4.78, 5) is 12.6. The van der Waals surface area contributed by atoms with E-state index in [0.29, 0.717) is 12.2 Å². The lowest BCUT2D eigenvalue weighted by Crippen LogP contribution is -2.41. The van der Waals surface area contributed by atoms with Crippen LogP contribution in [0.15, 0.2) is 53.4 Å². The molecule has 2 aromatic carbocycles. The van der Waals surface area contributed by atoms with Crippen molar-refractivity contribution in [3.8, 4) is 0 Å². The van der Waals surface area contributed by atoms with E-state index in [-0.39, 0.29) is 17.3 Å². The minimum absolute atomic E-state index is 0.171. The highest BCUT2D eigenvalue weighted by molar-refractivity contribution is 7.92. The van der Waals surface area contributed by atoms with E-state index in [9.17, 15) is 13.2 Å². The van der Waals surface area contributed by atoms with Gasteiger partial charge in [-0.25, -0.2) is 8.42 Å². The van der Waals surface area contributed by atoms with Crippen LogP contribution in [0.3, 0.4) is 0 Å². The lowest BCUT2D eigenvalue weighted by Gasteiger charge is -2.26. The third-order valence-corrected chi connectivity index (χ3v) is 6.34. The number of carbonyl (C=O) groups is 1. The highest BCUT2D eigenvalue weighted by Crippen LogP contribution is 2.28. The number of sulfonamides is 1. The molecule has 0 bridgehead atoms. The van der Waals surface area contributed by atoms with Crippen LogP contribution < -0.4 is 9.62 Å². The highest BCUT2D eigenvalue weighted by Gasteiger charge is 2.28. The van der Waals surface area contributed by atoms with Gasteiger partial charge in [-0.1, -0.05) is 50.1 Å². The number of aryl methyl sites for hydroxylation is 1. The Hall–Kier alpha value is -2.34. The molecule has 0 aliphatic rings. The van der Waals surface area contributed by atoms with Gasteiger partial charge in [0, 0.05) is 6.54 Å². The van der Waals surface area contributed by atoms with E-state index >= 15 is 0 Å². The van der Waals surface area contributed by atoms with Crippen LogP contribution in [-0.4, -0.2) is 27.4 Å². The molecule has 0 unspecified atom stereocenters. The third kappa shape index (κ3) is 5.32. The van der Waals surface area contributed by atoms with Gasteiger partial charge in [0.2, 0.25) is 5.91 Å². The van der Waals surface area contributed by atoms with Gasteiger partial charge in [0.15, 0.2) is 0 Å². The summed E-state index contributed by atoms with van der Waals surface area (Å²) in [5.41, 5.74) is 2.35. The van der Waals surface area contributed by atoms with Crippen molar-refractivity contribution in [2.24, 2.45) is 0 Å². The maximum atomic E-state index is 13.3. The molecule has 0 radical (unpaired) electrons. The van der Waals surface area contributed by atoms with Crippen molar-refractivity contribution in [3.63, 3.8) is 0 Å². The van der Waals surface area contributed by atoms with Gasteiger partial charge in [-0.3, -0.25) is 9.10 Å². The van der Waals surface area contributed by atoms with Crippen LogP contribution in [0.4, 0.5) is 5.69 Å². The average Bonchev–Trinajstić information content (AvgIpc) is 2.66.